The number of hydrogen-bond acceptors (Lipinski definition) is 2. The lowest BCUT2D eigenvalue weighted by Gasteiger charge is -2.19. The topological polar surface area (TPSA) is 36.1 Å². The maximum Gasteiger partial charge on any atom is 0.178 e. The van der Waals surface area contributed by atoms with E-state index in [2.05, 4.69) is 34.1 Å². The fourth-order valence-electron chi connectivity index (χ4n) is 3.21. The smallest absolute Gasteiger partial charge is 0.178 e. The van der Waals surface area contributed by atoms with Crippen LogP contribution in [0.15, 0.2) is 30.3 Å². The Hall–Kier alpha value is -1.87. The maximum atomic E-state index is 12.5. The van der Waals surface area contributed by atoms with Gasteiger partial charge in [-0.15, -0.1) is 0 Å². The standard InChI is InChI=1S/C18H22N2O/c1-13-10-17(14(2)19-13)18(21)12-20-9-5-8-15-6-3-4-7-16(15)11-20/h3-4,6-7,10,19H,5,8-9,11-12H2,1-2H3. The van der Waals surface area contributed by atoms with Crippen molar-refractivity contribution in [3.05, 3.63) is 58.4 Å². The Morgan fingerprint density at radius 3 is 2.71 bits per heavy atom. The summed E-state index contributed by atoms with van der Waals surface area (Å²) in [7, 11) is 0. The molecule has 1 N–H and O–H groups in total. The molecule has 0 saturated carbocycles. The summed E-state index contributed by atoms with van der Waals surface area (Å²) in [5.74, 6) is 0.219. The highest BCUT2D eigenvalue weighted by atomic mass is 16.1. The van der Waals surface area contributed by atoms with Crippen LogP contribution >= 0.6 is 0 Å². The molecule has 1 aromatic carbocycles. The second kappa shape index (κ2) is 5.86. The van der Waals surface area contributed by atoms with Crippen LogP contribution in [0.1, 0.15) is 39.3 Å². The molecule has 1 aliphatic heterocycles. The molecule has 2 aromatic rings. The van der Waals surface area contributed by atoms with Crippen LogP contribution in [0.4, 0.5) is 0 Å². The van der Waals surface area contributed by atoms with Gasteiger partial charge in [-0.25, -0.2) is 0 Å². The molecule has 2 heterocycles. The second-order valence-electron chi connectivity index (χ2n) is 6.00. The molecular weight excluding hydrogens is 260 g/mol. The number of carbonyl (C=O) groups excluding carboxylic acids is 1. The first-order chi connectivity index (χ1) is 10.1. The number of H-pyrrole nitrogens is 1. The van der Waals surface area contributed by atoms with E-state index in [9.17, 15) is 4.79 Å². The Kier molecular flexibility index (Phi) is 3.93. The number of benzene rings is 1. The number of hydrogen-bond donors (Lipinski definition) is 1. The summed E-state index contributed by atoms with van der Waals surface area (Å²) in [6.07, 6.45) is 2.23. The van der Waals surface area contributed by atoms with Gasteiger partial charge in [-0.1, -0.05) is 24.3 Å². The number of nitrogens with zero attached hydrogens (tertiary/aromatic N) is 1. The van der Waals surface area contributed by atoms with E-state index in [1.54, 1.807) is 0 Å². The Bertz CT molecular complexity index is 657. The van der Waals surface area contributed by atoms with Crippen LogP contribution in [0.25, 0.3) is 0 Å². The number of fused-ring (bicyclic) bond motifs is 1. The summed E-state index contributed by atoms with van der Waals surface area (Å²) in [5, 5.41) is 0. The van der Waals surface area contributed by atoms with E-state index in [1.807, 2.05) is 19.9 Å². The average molecular weight is 282 g/mol. The maximum absolute atomic E-state index is 12.5. The summed E-state index contributed by atoms with van der Waals surface area (Å²) >= 11 is 0. The zero-order chi connectivity index (χ0) is 14.8. The summed E-state index contributed by atoms with van der Waals surface area (Å²) in [6, 6.07) is 10.5. The molecule has 21 heavy (non-hydrogen) atoms. The van der Waals surface area contributed by atoms with E-state index in [4.69, 9.17) is 0 Å². The van der Waals surface area contributed by atoms with Crippen molar-refractivity contribution >= 4 is 5.78 Å². The van der Waals surface area contributed by atoms with Crippen LogP contribution in [-0.4, -0.2) is 28.8 Å². The molecule has 0 saturated heterocycles. The zero-order valence-corrected chi connectivity index (χ0v) is 12.8. The van der Waals surface area contributed by atoms with Gasteiger partial charge in [0.15, 0.2) is 5.78 Å². The van der Waals surface area contributed by atoms with Gasteiger partial charge in [-0.05, 0) is 50.4 Å². The van der Waals surface area contributed by atoms with Gasteiger partial charge >= 0.3 is 0 Å². The largest absolute Gasteiger partial charge is 0.362 e. The number of aromatic amines is 1. The predicted octanol–water partition coefficient (Wildman–Crippen LogP) is 3.26. The van der Waals surface area contributed by atoms with E-state index >= 15 is 0 Å². The van der Waals surface area contributed by atoms with Crippen molar-refractivity contribution in [1.29, 1.82) is 0 Å². The number of aromatic nitrogens is 1. The second-order valence-corrected chi connectivity index (χ2v) is 6.00. The molecule has 0 amide bonds. The normalized spacial score (nSPS) is 15.5. The highest BCUT2D eigenvalue weighted by Gasteiger charge is 2.19. The molecule has 3 heteroatoms. The van der Waals surface area contributed by atoms with Crippen LogP contribution in [0.3, 0.4) is 0 Å². The predicted molar refractivity (Wildman–Crippen MR) is 84.6 cm³/mol. The molecule has 1 aliphatic rings. The first kappa shape index (κ1) is 14.1. The molecule has 0 bridgehead atoms. The summed E-state index contributed by atoms with van der Waals surface area (Å²) in [6.45, 7) is 6.34. The Morgan fingerprint density at radius 1 is 1.24 bits per heavy atom. The van der Waals surface area contributed by atoms with Gasteiger partial charge in [0.2, 0.25) is 0 Å². The van der Waals surface area contributed by atoms with Gasteiger partial charge in [0.1, 0.15) is 0 Å². The number of rotatable bonds is 3. The van der Waals surface area contributed by atoms with Crippen molar-refractivity contribution in [2.24, 2.45) is 0 Å². The molecule has 0 atom stereocenters. The number of ketones is 1. The SMILES string of the molecule is Cc1cc(C(=O)CN2CCCc3ccccc3C2)c(C)[nH]1. The lowest BCUT2D eigenvalue weighted by atomic mass is 10.0. The van der Waals surface area contributed by atoms with Crippen LogP contribution in [0.5, 0.6) is 0 Å². The Labute approximate surface area is 126 Å². The van der Waals surface area contributed by atoms with Crippen molar-refractivity contribution in [1.82, 2.24) is 9.88 Å². The number of aryl methyl sites for hydroxylation is 3. The van der Waals surface area contributed by atoms with Crippen LogP contribution in [-0.2, 0) is 13.0 Å². The lowest BCUT2D eigenvalue weighted by Crippen LogP contribution is -2.29. The minimum atomic E-state index is 0.219. The van der Waals surface area contributed by atoms with E-state index in [0.29, 0.717) is 6.54 Å². The van der Waals surface area contributed by atoms with Gasteiger partial charge in [-0.2, -0.15) is 0 Å². The van der Waals surface area contributed by atoms with E-state index in [-0.39, 0.29) is 5.78 Å². The van der Waals surface area contributed by atoms with Gasteiger partial charge in [0.05, 0.1) is 6.54 Å². The molecule has 110 valence electrons. The highest BCUT2D eigenvalue weighted by molar-refractivity contribution is 5.98. The van der Waals surface area contributed by atoms with Crippen LogP contribution in [0.2, 0.25) is 0 Å². The first-order valence-corrected chi connectivity index (χ1v) is 7.62. The van der Waals surface area contributed by atoms with Gasteiger partial charge < -0.3 is 4.98 Å². The summed E-state index contributed by atoms with van der Waals surface area (Å²) < 4.78 is 0. The van der Waals surface area contributed by atoms with Gasteiger partial charge in [-0.3, -0.25) is 9.69 Å². The number of carbonyl (C=O) groups is 1. The quantitative estimate of drug-likeness (QED) is 0.877. The first-order valence-electron chi connectivity index (χ1n) is 7.62. The third-order valence-electron chi connectivity index (χ3n) is 4.25. The molecule has 0 aliphatic carbocycles. The van der Waals surface area contributed by atoms with E-state index in [0.717, 1.165) is 42.9 Å². The minimum Gasteiger partial charge on any atom is -0.362 e. The lowest BCUT2D eigenvalue weighted by molar-refractivity contribution is 0.0926. The van der Waals surface area contributed by atoms with Crippen LogP contribution in [0, 0.1) is 13.8 Å². The molecule has 0 radical (unpaired) electrons. The van der Waals surface area contributed by atoms with Gasteiger partial charge in [0, 0.05) is 23.5 Å². The van der Waals surface area contributed by atoms with E-state index in [1.165, 1.54) is 11.1 Å². The van der Waals surface area contributed by atoms with Crippen LogP contribution < -0.4 is 0 Å². The highest BCUT2D eigenvalue weighted by Crippen LogP contribution is 2.19. The minimum absolute atomic E-state index is 0.219. The Balaban J connectivity index is 1.73. The fraction of sp³-hybridized carbons (Fsp3) is 0.389. The van der Waals surface area contributed by atoms with Crippen molar-refractivity contribution < 1.29 is 4.79 Å². The molecule has 1 aromatic heterocycles. The van der Waals surface area contributed by atoms with Crippen molar-refractivity contribution in [2.45, 2.75) is 33.2 Å². The average Bonchev–Trinajstić information content (AvgIpc) is 2.68. The monoisotopic (exact) mass is 282 g/mol. The molecule has 3 rings (SSSR count). The summed E-state index contributed by atoms with van der Waals surface area (Å²) in [4.78, 5) is 18.0. The third-order valence-corrected chi connectivity index (χ3v) is 4.25. The summed E-state index contributed by atoms with van der Waals surface area (Å²) in [5.41, 5.74) is 5.67. The van der Waals surface area contributed by atoms with Crippen molar-refractivity contribution in [2.75, 3.05) is 13.1 Å². The number of nitrogens with one attached hydrogen (secondary N) is 1. The number of Topliss-reactive ketones (excluding diaryl/α,β-unsaturated/α-hetero) is 1. The molecule has 0 fully saturated rings. The molecule has 3 nitrogen and oxygen atoms in total. The third kappa shape index (κ3) is 3.08. The van der Waals surface area contributed by atoms with Crippen molar-refractivity contribution in [3.63, 3.8) is 0 Å². The van der Waals surface area contributed by atoms with Crippen molar-refractivity contribution in [3.8, 4) is 0 Å². The fourth-order valence-corrected chi connectivity index (χ4v) is 3.21. The molecule has 0 unspecified atom stereocenters. The zero-order valence-electron chi connectivity index (χ0n) is 12.8. The molecular formula is C18H22N2O. The molecule has 0 spiro atoms. The van der Waals surface area contributed by atoms with E-state index < -0.39 is 0 Å². The van der Waals surface area contributed by atoms with Gasteiger partial charge in [0.25, 0.3) is 0 Å². The Morgan fingerprint density at radius 2 is 2.00 bits per heavy atom.